The van der Waals surface area contributed by atoms with E-state index in [2.05, 4.69) is 34.4 Å². The molecule has 55 heavy (non-hydrogen) atoms. The first-order valence-electron chi connectivity index (χ1n) is 15.3. The molecule has 0 bridgehead atoms. The number of phosphoric acid groups is 3. The average molecular weight is 870 g/mol. The molecular formula is C24H38N7O20P3S. The largest absolute Gasteiger partial charge is 0.481 e. The molecule has 0 saturated carbocycles. The number of nitrogens with two attached hydrogens (primary N) is 1. The topological polar surface area (TPSA) is 421 Å². The van der Waals surface area contributed by atoms with Gasteiger partial charge in [-0.1, -0.05) is 25.6 Å². The summed E-state index contributed by atoms with van der Waals surface area (Å²) in [4.78, 5) is 97.2. The van der Waals surface area contributed by atoms with Gasteiger partial charge in [-0.05, 0) is 0 Å². The third-order valence-electron chi connectivity index (χ3n) is 7.20. The number of aliphatic carboxylic acids is 1. The number of imidazole rings is 1. The van der Waals surface area contributed by atoms with E-state index in [1.54, 1.807) is 0 Å². The molecule has 31 heteroatoms. The number of rotatable bonds is 21. The van der Waals surface area contributed by atoms with Crippen molar-refractivity contribution in [2.24, 2.45) is 5.41 Å². The van der Waals surface area contributed by atoms with E-state index in [0.717, 1.165) is 17.2 Å². The number of aliphatic hydroxyl groups is 3. The van der Waals surface area contributed by atoms with E-state index in [1.807, 2.05) is 0 Å². The summed E-state index contributed by atoms with van der Waals surface area (Å²) in [5.41, 5.74) is 4.15. The second-order valence-electron chi connectivity index (χ2n) is 12.0. The molecule has 3 unspecified atom stereocenters. The lowest BCUT2D eigenvalue weighted by Gasteiger charge is -2.30. The zero-order valence-electron chi connectivity index (χ0n) is 28.5. The standard InChI is InChI=1S/C24H38N7O20P3S/c1-24(2,17(35)20(36)27-4-3-12(32)26-5-6-55-23(39)15(34)22(37)38)8-48-54(45,46)51-53(43,44)47-7-11-16(50-52(40,41)42)14(33)21(49-11)31-10-30-13-18(25)28-9-29-19(13)31/h9-11,14-17,21,33-35H,3-8H2,1-2H3,(H,26,32)(H,27,36)(H,37,38)(H,43,44)(H,45,46)(H2,25,28,29)(H2,40,41,42)/t11-,14-,15?,16-,17+,21-/m1/s1. The highest BCUT2D eigenvalue weighted by Crippen LogP contribution is 2.61. The van der Waals surface area contributed by atoms with Crippen molar-refractivity contribution < 1.29 is 95.5 Å². The van der Waals surface area contributed by atoms with Crippen LogP contribution in [0.15, 0.2) is 12.7 Å². The number of carbonyl (C=O) groups is 4. The van der Waals surface area contributed by atoms with Gasteiger partial charge in [0.05, 0.1) is 19.5 Å². The van der Waals surface area contributed by atoms with Crippen molar-refractivity contribution in [1.82, 2.24) is 30.2 Å². The maximum Gasteiger partial charge on any atom is 0.481 e. The van der Waals surface area contributed by atoms with Gasteiger partial charge in [-0.3, -0.25) is 32.5 Å². The fraction of sp³-hybridized carbons (Fsp3) is 0.625. The molecule has 2 aromatic heterocycles. The first kappa shape index (κ1) is 46.4. The van der Waals surface area contributed by atoms with E-state index in [9.17, 15) is 62.7 Å². The van der Waals surface area contributed by atoms with Gasteiger partial charge in [0.25, 0.3) is 0 Å². The Labute approximate surface area is 313 Å². The smallest absolute Gasteiger partial charge is 0.479 e. The molecular weight excluding hydrogens is 831 g/mol. The van der Waals surface area contributed by atoms with E-state index in [0.29, 0.717) is 11.8 Å². The molecule has 1 saturated heterocycles. The minimum absolute atomic E-state index is 0.0124. The lowest BCUT2D eigenvalue weighted by Crippen LogP contribution is -2.46. The number of nitrogens with zero attached hydrogens (tertiary/aromatic N) is 4. The zero-order valence-corrected chi connectivity index (χ0v) is 32.0. The van der Waals surface area contributed by atoms with Crippen LogP contribution in [0, 0.1) is 5.41 Å². The molecule has 0 aromatic carbocycles. The van der Waals surface area contributed by atoms with Crippen molar-refractivity contribution in [3.05, 3.63) is 12.7 Å². The average Bonchev–Trinajstić information content (AvgIpc) is 3.64. The zero-order chi connectivity index (χ0) is 41.5. The summed E-state index contributed by atoms with van der Waals surface area (Å²) in [6, 6.07) is 0. The van der Waals surface area contributed by atoms with Crippen molar-refractivity contribution >= 4 is 75.1 Å². The van der Waals surface area contributed by atoms with Crippen LogP contribution in [0.2, 0.25) is 0 Å². The SMILES string of the molecule is CC(C)(COP(=O)(O)OP(=O)(O)OC[C@H]1O[C@@H](n2cnc3c(N)ncnc32)[C@H](O)[C@@H]1OP(=O)(O)O)[C@@H](O)C(=O)NCCC(=O)NCCSC(=O)C(O)C(=O)O. The summed E-state index contributed by atoms with van der Waals surface area (Å²) < 4.78 is 61.8. The van der Waals surface area contributed by atoms with Crippen LogP contribution in [0.5, 0.6) is 0 Å². The van der Waals surface area contributed by atoms with Gasteiger partial charge in [-0.2, -0.15) is 4.31 Å². The van der Waals surface area contributed by atoms with E-state index < -0.39 is 102 Å². The predicted octanol–water partition coefficient (Wildman–Crippen LogP) is -2.89. The number of fused-ring (bicyclic) bond motifs is 1. The quantitative estimate of drug-likeness (QED) is 0.0341. The molecule has 0 aliphatic carbocycles. The Morgan fingerprint density at radius 3 is 2.33 bits per heavy atom. The predicted molar refractivity (Wildman–Crippen MR) is 181 cm³/mol. The van der Waals surface area contributed by atoms with Crippen LogP contribution in [-0.4, -0.2) is 145 Å². The van der Waals surface area contributed by atoms with E-state index >= 15 is 0 Å². The third kappa shape index (κ3) is 13.6. The Kier molecular flexibility index (Phi) is 16.0. The number of phosphoric ester groups is 3. The number of hydrogen-bond acceptors (Lipinski definition) is 20. The Balaban J connectivity index is 1.50. The Hall–Kier alpha value is -3.01. The summed E-state index contributed by atoms with van der Waals surface area (Å²) in [6.07, 6.45) is -9.45. The van der Waals surface area contributed by atoms with E-state index in [4.69, 9.17) is 29.7 Å². The van der Waals surface area contributed by atoms with Gasteiger partial charge < -0.3 is 61.1 Å². The summed E-state index contributed by atoms with van der Waals surface area (Å²) in [5.74, 6) is -3.50. The number of nitrogens with one attached hydrogen (secondary N) is 2. The van der Waals surface area contributed by atoms with Crippen molar-refractivity contribution in [1.29, 1.82) is 0 Å². The van der Waals surface area contributed by atoms with Crippen LogP contribution >= 0.6 is 35.2 Å². The Bertz CT molecular complexity index is 1860. The number of amides is 2. The van der Waals surface area contributed by atoms with Crippen LogP contribution in [0.4, 0.5) is 5.82 Å². The lowest BCUT2D eigenvalue weighted by molar-refractivity contribution is -0.149. The number of nitrogen functional groups attached to an aromatic ring is 1. The summed E-state index contributed by atoms with van der Waals surface area (Å²) >= 11 is 0.476. The lowest BCUT2D eigenvalue weighted by atomic mass is 9.87. The second-order valence-corrected chi connectivity index (χ2v) is 17.3. The summed E-state index contributed by atoms with van der Waals surface area (Å²) in [5, 5.41) is 42.6. The fourth-order valence-corrected chi connectivity index (χ4v) is 7.95. The highest BCUT2D eigenvalue weighted by molar-refractivity contribution is 8.13. The Morgan fingerprint density at radius 1 is 1.04 bits per heavy atom. The molecule has 0 spiro atoms. The number of anilines is 1. The van der Waals surface area contributed by atoms with Crippen LogP contribution < -0.4 is 16.4 Å². The number of carboxylic acid groups (broad SMARTS) is 1. The summed E-state index contributed by atoms with van der Waals surface area (Å²) in [6.45, 7) is -0.0922. The first-order valence-corrected chi connectivity index (χ1v) is 20.8. The normalized spacial score (nSPS) is 22.3. The number of carbonyl (C=O) groups excluding carboxylic acids is 3. The minimum Gasteiger partial charge on any atom is -0.479 e. The fourth-order valence-electron chi connectivity index (χ4n) is 4.46. The molecule has 12 N–H and O–H groups in total. The van der Waals surface area contributed by atoms with Gasteiger partial charge >= 0.3 is 29.4 Å². The van der Waals surface area contributed by atoms with Crippen LogP contribution in [-0.2, 0) is 55.5 Å². The van der Waals surface area contributed by atoms with Gasteiger partial charge in [0.15, 0.2) is 17.7 Å². The molecule has 0 radical (unpaired) electrons. The molecule has 3 rings (SSSR count). The molecule has 1 aliphatic heterocycles. The van der Waals surface area contributed by atoms with Crippen molar-refractivity contribution in [3.63, 3.8) is 0 Å². The van der Waals surface area contributed by atoms with Crippen LogP contribution in [0.25, 0.3) is 11.2 Å². The molecule has 2 aromatic rings. The molecule has 27 nitrogen and oxygen atoms in total. The molecule has 1 aliphatic rings. The van der Waals surface area contributed by atoms with Crippen molar-refractivity contribution in [2.45, 2.75) is 57.0 Å². The number of thioether (sulfide) groups is 1. The van der Waals surface area contributed by atoms with Gasteiger partial charge in [0, 0.05) is 30.7 Å². The van der Waals surface area contributed by atoms with E-state index in [1.165, 1.54) is 13.8 Å². The monoisotopic (exact) mass is 869 g/mol. The molecule has 310 valence electrons. The number of carboxylic acids is 1. The maximum atomic E-state index is 12.6. The number of ether oxygens (including phenoxy) is 1. The van der Waals surface area contributed by atoms with Gasteiger partial charge in [0.1, 0.15) is 36.3 Å². The molecule has 2 amide bonds. The minimum atomic E-state index is -5.60. The third-order valence-corrected chi connectivity index (χ3v) is 11.2. The maximum absolute atomic E-state index is 12.6. The van der Waals surface area contributed by atoms with Crippen molar-refractivity contribution in [2.75, 3.05) is 37.8 Å². The van der Waals surface area contributed by atoms with Crippen LogP contribution in [0.1, 0.15) is 26.5 Å². The number of aromatic nitrogens is 4. The Morgan fingerprint density at radius 2 is 1.69 bits per heavy atom. The second kappa shape index (κ2) is 19.0. The number of hydrogen-bond donors (Lipinski definition) is 11. The first-order chi connectivity index (χ1) is 25.3. The van der Waals surface area contributed by atoms with Crippen molar-refractivity contribution in [3.8, 4) is 0 Å². The van der Waals surface area contributed by atoms with Gasteiger partial charge in [-0.15, -0.1) is 0 Å². The van der Waals surface area contributed by atoms with E-state index in [-0.39, 0.29) is 42.2 Å². The molecule has 8 atom stereocenters. The molecule has 1 fully saturated rings. The highest BCUT2D eigenvalue weighted by Gasteiger charge is 2.50. The van der Waals surface area contributed by atoms with Gasteiger partial charge in [-0.25, -0.2) is 33.4 Å². The van der Waals surface area contributed by atoms with Crippen LogP contribution in [0.3, 0.4) is 0 Å². The molecule has 3 heterocycles. The summed E-state index contributed by atoms with van der Waals surface area (Å²) in [7, 11) is -16.5. The van der Waals surface area contributed by atoms with Gasteiger partial charge in [0.2, 0.25) is 23.0 Å². The highest BCUT2D eigenvalue weighted by atomic mass is 32.2. The number of aliphatic hydroxyl groups excluding tert-OH is 3.